The third-order valence-corrected chi connectivity index (χ3v) is 1.77. The number of nitrogens with zero attached hydrogens (tertiary/aromatic N) is 2. The monoisotopic (exact) mass is 196 g/mol. The van der Waals surface area contributed by atoms with Crippen LogP contribution in [0.5, 0.6) is 0 Å². The molecule has 0 aliphatic carbocycles. The van der Waals surface area contributed by atoms with Crippen LogP contribution in [0.4, 0.5) is 17.1 Å². The molecule has 7 heteroatoms. The summed E-state index contributed by atoms with van der Waals surface area (Å²) in [5.74, 6) is 0. The minimum absolute atomic E-state index is 0.126. The van der Waals surface area contributed by atoms with E-state index in [1.807, 2.05) is 0 Å². The molecule has 1 radical (unpaired) electrons. The van der Waals surface area contributed by atoms with Crippen LogP contribution in [-0.2, 0) is 0 Å². The topological polar surface area (TPSA) is 110 Å². The molecule has 0 atom stereocenters. The van der Waals surface area contributed by atoms with Gasteiger partial charge in [-0.25, -0.2) is 0 Å². The van der Waals surface area contributed by atoms with Crippen LogP contribution in [0.25, 0.3) is 0 Å². The molecule has 0 fully saturated rings. The summed E-state index contributed by atoms with van der Waals surface area (Å²) in [4.78, 5) is 19.3. The molecule has 0 aliphatic rings. The summed E-state index contributed by atoms with van der Waals surface area (Å²) in [6.07, 6.45) is 0. The molecule has 7 nitrogen and oxygen atoms in total. The van der Waals surface area contributed by atoms with Gasteiger partial charge in [0.25, 0.3) is 11.4 Å². The molecule has 0 saturated carbocycles. The van der Waals surface area contributed by atoms with Crippen molar-refractivity contribution in [1.29, 1.82) is 0 Å². The molecular weight excluding hydrogens is 190 g/mol. The predicted molar refractivity (Wildman–Crippen MR) is 47.2 cm³/mol. The fraction of sp³-hybridized carbons (Fsp3) is 0.143. The van der Waals surface area contributed by atoms with Crippen molar-refractivity contribution in [1.82, 2.24) is 5.73 Å². The fourth-order valence-corrected chi connectivity index (χ4v) is 0.979. The zero-order valence-corrected chi connectivity index (χ0v) is 7.18. The Morgan fingerprint density at radius 3 is 2.21 bits per heavy atom. The van der Waals surface area contributed by atoms with Gasteiger partial charge in [-0.15, -0.1) is 0 Å². The van der Waals surface area contributed by atoms with Crippen LogP contribution in [-0.4, -0.2) is 9.85 Å². The maximum absolute atomic E-state index is 10.4. The number of hydrogen-bond donors (Lipinski definition) is 0. The van der Waals surface area contributed by atoms with Gasteiger partial charge in [0, 0.05) is 6.07 Å². The first-order valence-electron chi connectivity index (χ1n) is 3.58. The number of hydrogen-bond acceptors (Lipinski definition) is 4. The maximum Gasteiger partial charge on any atom is 0.281 e. The van der Waals surface area contributed by atoms with E-state index < -0.39 is 21.2 Å². The molecule has 0 aliphatic heterocycles. The van der Waals surface area contributed by atoms with Crippen LogP contribution < -0.4 is 5.73 Å². The molecule has 0 aromatic heterocycles. The van der Waals surface area contributed by atoms with E-state index in [1.54, 1.807) is 0 Å². The molecule has 0 bridgehead atoms. The Labute approximate surface area is 78.4 Å². The molecule has 73 valence electrons. The normalized spacial score (nSPS) is 9.79. The Morgan fingerprint density at radius 2 is 1.79 bits per heavy atom. The summed E-state index contributed by atoms with van der Waals surface area (Å²) in [7, 11) is 0. The van der Waals surface area contributed by atoms with Gasteiger partial charge in [0.2, 0.25) is 0 Å². The standard InChI is InChI=1S/C7H6N3O4/c1-4-6(8)2-5(9(11)12)3-7(4)10(13)14/h2-3,8H,1H3. The van der Waals surface area contributed by atoms with Crippen molar-refractivity contribution in [3.05, 3.63) is 37.9 Å². The van der Waals surface area contributed by atoms with Crippen molar-refractivity contribution in [2.24, 2.45) is 0 Å². The molecule has 1 N–H and O–H groups in total. The van der Waals surface area contributed by atoms with Crippen LogP contribution >= 0.6 is 0 Å². The Morgan fingerprint density at radius 1 is 1.21 bits per heavy atom. The van der Waals surface area contributed by atoms with E-state index in [2.05, 4.69) is 0 Å². The number of non-ortho nitro benzene ring substituents is 1. The molecule has 1 rings (SSSR count). The largest absolute Gasteiger partial charge is 0.300 e. The summed E-state index contributed by atoms with van der Waals surface area (Å²) in [6.45, 7) is 1.38. The third kappa shape index (κ3) is 1.60. The molecular formula is C7H6N3O4. The molecule has 0 heterocycles. The van der Waals surface area contributed by atoms with E-state index in [1.165, 1.54) is 6.92 Å². The minimum Gasteiger partial charge on any atom is -0.300 e. The Kier molecular flexibility index (Phi) is 2.32. The molecule has 1 aromatic rings. The first kappa shape index (κ1) is 9.90. The van der Waals surface area contributed by atoms with E-state index in [4.69, 9.17) is 5.73 Å². The Hall–Kier alpha value is -2.18. The number of nitro groups is 2. The van der Waals surface area contributed by atoms with Gasteiger partial charge >= 0.3 is 0 Å². The number of rotatable bonds is 2. The third-order valence-electron chi connectivity index (χ3n) is 1.77. The van der Waals surface area contributed by atoms with Crippen LogP contribution in [0, 0.1) is 27.2 Å². The summed E-state index contributed by atoms with van der Waals surface area (Å²) in [6, 6.07) is 1.84. The van der Waals surface area contributed by atoms with Crippen molar-refractivity contribution < 1.29 is 9.85 Å². The van der Waals surface area contributed by atoms with Crippen molar-refractivity contribution >= 4 is 17.1 Å². The van der Waals surface area contributed by atoms with Gasteiger partial charge in [-0.2, -0.15) is 0 Å². The quantitative estimate of drug-likeness (QED) is 0.529. The second-order valence-corrected chi connectivity index (χ2v) is 2.65. The highest BCUT2D eigenvalue weighted by atomic mass is 16.6. The highest BCUT2D eigenvalue weighted by Crippen LogP contribution is 2.29. The summed E-state index contributed by atoms with van der Waals surface area (Å²) in [5, 5.41) is 20.8. The fourth-order valence-electron chi connectivity index (χ4n) is 0.979. The number of nitro benzene ring substituents is 2. The molecule has 0 spiro atoms. The Bertz CT molecular complexity index is 416. The van der Waals surface area contributed by atoms with Gasteiger partial charge in [0.1, 0.15) is 0 Å². The van der Waals surface area contributed by atoms with Crippen LogP contribution in [0.3, 0.4) is 0 Å². The van der Waals surface area contributed by atoms with Crippen molar-refractivity contribution in [2.45, 2.75) is 6.92 Å². The SMILES string of the molecule is Cc1c([NH])cc([N+](=O)[O-])cc1[N+](=O)[O-]. The molecule has 0 unspecified atom stereocenters. The lowest BCUT2D eigenvalue weighted by molar-refractivity contribution is -0.394. The first-order valence-corrected chi connectivity index (χ1v) is 3.58. The van der Waals surface area contributed by atoms with Gasteiger partial charge in [-0.05, 0) is 6.92 Å². The molecule has 0 amide bonds. The second-order valence-electron chi connectivity index (χ2n) is 2.65. The summed E-state index contributed by atoms with van der Waals surface area (Å²) < 4.78 is 0. The smallest absolute Gasteiger partial charge is 0.281 e. The van der Waals surface area contributed by atoms with Gasteiger partial charge in [-0.1, -0.05) is 0 Å². The number of nitrogens with one attached hydrogen (secondary N) is 1. The van der Waals surface area contributed by atoms with Crippen LogP contribution in [0.2, 0.25) is 0 Å². The van der Waals surface area contributed by atoms with E-state index in [-0.39, 0.29) is 11.3 Å². The van der Waals surface area contributed by atoms with Crippen molar-refractivity contribution in [3.8, 4) is 0 Å². The van der Waals surface area contributed by atoms with Crippen LogP contribution in [0.15, 0.2) is 12.1 Å². The number of benzene rings is 1. The van der Waals surface area contributed by atoms with E-state index in [0.717, 1.165) is 12.1 Å². The van der Waals surface area contributed by atoms with Gasteiger partial charge in [0.05, 0.1) is 27.2 Å². The van der Waals surface area contributed by atoms with Crippen molar-refractivity contribution in [3.63, 3.8) is 0 Å². The van der Waals surface area contributed by atoms with Gasteiger partial charge < -0.3 is 5.73 Å². The lowest BCUT2D eigenvalue weighted by Crippen LogP contribution is -1.96. The summed E-state index contributed by atoms with van der Waals surface area (Å²) in [5.41, 5.74) is 6.37. The Balaban J connectivity index is 3.43. The summed E-state index contributed by atoms with van der Waals surface area (Å²) >= 11 is 0. The van der Waals surface area contributed by atoms with Crippen LogP contribution in [0.1, 0.15) is 5.56 Å². The van der Waals surface area contributed by atoms with Crippen molar-refractivity contribution in [2.75, 3.05) is 0 Å². The molecule has 1 aromatic carbocycles. The highest BCUT2D eigenvalue weighted by Gasteiger charge is 2.19. The van der Waals surface area contributed by atoms with E-state index in [0.29, 0.717) is 0 Å². The van der Waals surface area contributed by atoms with Gasteiger partial charge in [0.15, 0.2) is 0 Å². The average molecular weight is 196 g/mol. The molecule has 0 saturated heterocycles. The zero-order chi connectivity index (χ0) is 10.9. The zero-order valence-electron chi connectivity index (χ0n) is 7.18. The highest BCUT2D eigenvalue weighted by molar-refractivity contribution is 5.61. The van der Waals surface area contributed by atoms with E-state index in [9.17, 15) is 20.2 Å². The second kappa shape index (κ2) is 3.29. The first-order chi connectivity index (χ1) is 6.43. The average Bonchev–Trinajstić information content (AvgIpc) is 2.08. The lowest BCUT2D eigenvalue weighted by atomic mass is 10.1. The van der Waals surface area contributed by atoms with Gasteiger partial charge in [-0.3, -0.25) is 20.2 Å². The maximum atomic E-state index is 10.4. The van der Waals surface area contributed by atoms with E-state index >= 15 is 0 Å². The predicted octanol–water partition coefficient (Wildman–Crippen LogP) is 1.73. The lowest BCUT2D eigenvalue weighted by Gasteiger charge is -1.99. The minimum atomic E-state index is -0.759. The molecule has 14 heavy (non-hydrogen) atoms.